The van der Waals surface area contributed by atoms with Gasteiger partial charge in [-0.15, -0.1) is 0 Å². The molecule has 1 heterocycles. The summed E-state index contributed by atoms with van der Waals surface area (Å²) in [6.07, 6.45) is 1.45. The van der Waals surface area contributed by atoms with Crippen molar-refractivity contribution in [3.8, 4) is 0 Å². The van der Waals surface area contributed by atoms with Crippen LogP contribution in [0.4, 0.5) is 5.69 Å². The van der Waals surface area contributed by atoms with E-state index in [-0.39, 0.29) is 23.2 Å². The Labute approximate surface area is 134 Å². The van der Waals surface area contributed by atoms with Gasteiger partial charge in [0.15, 0.2) is 0 Å². The van der Waals surface area contributed by atoms with Crippen molar-refractivity contribution < 1.29 is 9.59 Å². The van der Waals surface area contributed by atoms with E-state index in [1.165, 1.54) is 4.90 Å². The summed E-state index contributed by atoms with van der Waals surface area (Å²) in [7, 11) is 0. The van der Waals surface area contributed by atoms with Crippen LogP contribution in [0.25, 0.3) is 0 Å². The summed E-state index contributed by atoms with van der Waals surface area (Å²) in [5, 5.41) is 0.427. The first kappa shape index (κ1) is 15.9. The number of thiocarbonyl (C=S) groups is 1. The molecule has 1 saturated heterocycles. The number of carbonyl (C=O) groups is 2. The Balaban J connectivity index is 2.57. The molecule has 0 atom stereocenters. The van der Waals surface area contributed by atoms with Crippen LogP contribution in [0.5, 0.6) is 0 Å². The van der Waals surface area contributed by atoms with E-state index in [1.807, 2.05) is 13.8 Å². The molecule has 0 saturated carbocycles. The number of halogens is 1. The lowest BCUT2D eigenvalue weighted by Crippen LogP contribution is -2.36. The summed E-state index contributed by atoms with van der Waals surface area (Å²) < 4.78 is 0. The first-order valence-electron chi connectivity index (χ1n) is 6.83. The number of nitrogens with two attached hydrogens (primary N) is 1. The molecule has 0 radical (unpaired) electrons. The summed E-state index contributed by atoms with van der Waals surface area (Å²) in [4.78, 5) is 26.5. The van der Waals surface area contributed by atoms with Crippen LogP contribution in [-0.4, -0.2) is 16.8 Å². The number of carbonyl (C=O) groups excluding carboxylic acids is 2. The highest BCUT2D eigenvalue weighted by Crippen LogP contribution is 2.42. The van der Waals surface area contributed by atoms with Crippen LogP contribution in [0.1, 0.15) is 38.7 Å². The molecule has 1 aliphatic rings. The van der Waals surface area contributed by atoms with Gasteiger partial charge in [-0.25, -0.2) is 4.90 Å². The van der Waals surface area contributed by atoms with Crippen molar-refractivity contribution in [2.75, 3.05) is 4.90 Å². The van der Waals surface area contributed by atoms with Gasteiger partial charge < -0.3 is 5.73 Å². The number of amides is 2. The van der Waals surface area contributed by atoms with Crippen molar-refractivity contribution >= 4 is 46.3 Å². The summed E-state index contributed by atoms with van der Waals surface area (Å²) in [5.41, 5.74) is 5.93. The van der Waals surface area contributed by atoms with Crippen molar-refractivity contribution in [2.45, 2.75) is 33.1 Å². The molecule has 21 heavy (non-hydrogen) atoms. The topological polar surface area (TPSA) is 63.4 Å². The third-order valence-electron chi connectivity index (χ3n) is 4.22. The molecule has 1 fully saturated rings. The van der Waals surface area contributed by atoms with Crippen molar-refractivity contribution in [3.63, 3.8) is 0 Å². The number of hydrogen-bond donors (Lipinski definition) is 1. The highest BCUT2D eigenvalue weighted by Gasteiger charge is 2.50. The number of benzene rings is 1. The molecule has 2 N–H and O–H groups in total. The van der Waals surface area contributed by atoms with E-state index in [2.05, 4.69) is 0 Å². The van der Waals surface area contributed by atoms with Gasteiger partial charge >= 0.3 is 0 Å². The first-order chi connectivity index (χ1) is 9.86. The van der Waals surface area contributed by atoms with Crippen molar-refractivity contribution in [3.05, 3.63) is 28.8 Å². The summed E-state index contributed by atoms with van der Waals surface area (Å²) >= 11 is 11.0. The molecule has 1 aliphatic heterocycles. The van der Waals surface area contributed by atoms with E-state index in [1.54, 1.807) is 18.2 Å². The van der Waals surface area contributed by atoms with Gasteiger partial charge in [-0.3, -0.25) is 9.59 Å². The maximum atomic E-state index is 12.8. The van der Waals surface area contributed by atoms with Gasteiger partial charge in [0.25, 0.3) is 0 Å². The minimum Gasteiger partial charge on any atom is -0.389 e. The minimum absolute atomic E-state index is 0.132. The zero-order chi connectivity index (χ0) is 15.8. The number of anilines is 1. The van der Waals surface area contributed by atoms with Crippen LogP contribution in [0, 0.1) is 5.41 Å². The third-order valence-corrected chi connectivity index (χ3v) is 4.67. The van der Waals surface area contributed by atoms with E-state index in [9.17, 15) is 9.59 Å². The van der Waals surface area contributed by atoms with Crippen LogP contribution < -0.4 is 10.6 Å². The largest absolute Gasteiger partial charge is 0.389 e. The van der Waals surface area contributed by atoms with Crippen LogP contribution in [-0.2, 0) is 9.59 Å². The van der Waals surface area contributed by atoms with Gasteiger partial charge in [-0.2, -0.15) is 0 Å². The lowest BCUT2D eigenvalue weighted by atomic mass is 9.81. The van der Waals surface area contributed by atoms with Gasteiger partial charge in [0, 0.05) is 17.0 Å². The van der Waals surface area contributed by atoms with Crippen molar-refractivity contribution in [2.24, 2.45) is 11.1 Å². The normalized spacial score (nSPS) is 17.4. The zero-order valence-electron chi connectivity index (χ0n) is 12.0. The zero-order valence-corrected chi connectivity index (χ0v) is 13.6. The maximum Gasteiger partial charge on any atom is 0.240 e. The van der Waals surface area contributed by atoms with Gasteiger partial charge in [0.2, 0.25) is 11.8 Å². The highest BCUT2D eigenvalue weighted by molar-refractivity contribution is 7.80. The van der Waals surface area contributed by atoms with Crippen molar-refractivity contribution in [1.29, 1.82) is 0 Å². The van der Waals surface area contributed by atoms with Crippen molar-refractivity contribution in [1.82, 2.24) is 0 Å². The predicted molar refractivity (Wildman–Crippen MR) is 87.5 cm³/mol. The van der Waals surface area contributed by atoms with E-state index in [0.29, 0.717) is 29.1 Å². The second-order valence-corrected chi connectivity index (χ2v) is 6.10. The van der Waals surface area contributed by atoms with E-state index < -0.39 is 5.41 Å². The van der Waals surface area contributed by atoms with Crippen LogP contribution in [0.15, 0.2) is 18.2 Å². The molecular weight excluding hydrogens is 308 g/mol. The Morgan fingerprint density at radius 1 is 1.38 bits per heavy atom. The molecule has 1 aromatic carbocycles. The molecule has 2 amide bonds. The lowest BCUT2D eigenvalue weighted by molar-refractivity contribution is -0.126. The maximum absolute atomic E-state index is 12.8. The smallest absolute Gasteiger partial charge is 0.240 e. The second kappa shape index (κ2) is 5.73. The van der Waals surface area contributed by atoms with Crippen LogP contribution in [0.2, 0.25) is 5.02 Å². The molecule has 0 bridgehead atoms. The third kappa shape index (κ3) is 2.56. The highest BCUT2D eigenvalue weighted by atomic mass is 35.5. The Morgan fingerprint density at radius 3 is 2.48 bits per heavy atom. The molecule has 6 heteroatoms. The summed E-state index contributed by atoms with van der Waals surface area (Å²) in [5.74, 6) is -0.430. The number of nitrogens with zero attached hydrogens (tertiary/aromatic N) is 1. The molecule has 2 rings (SSSR count). The number of rotatable bonds is 4. The Kier molecular flexibility index (Phi) is 4.35. The van der Waals surface area contributed by atoms with Gasteiger partial charge in [-0.1, -0.05) is 37.7 Å². The number of imide groups is 1. The van der Waals surface area contributed by atoms with E-state index in [0.717, 1.165) is 0 Å². The molecule has 112 valence electrons. The van der Waals surface area contributed by atoms with Crippen LogP contribution in [0.3, 0.4) is 0 Å². The van der Waals surface area contributed by atoms with E-state index in [4.69, 9.17) is 29.6 Å². The van der Waals surface area contributed by atoms with Crippen LogP contribution >= 0.6 is 23.8 Å². The fourth-order valence-corrected chi connectivity index (χ4v) is 3.08. The monoisotopic (exact) mass is 324 g/mol. The molecule has 0 spiro atoms. The average Bonchev–Trinajstić information content (AvgIpc) is 2.69. The number of hydrogen-bond acceptors (Lipinski definition) is 3. The lowest BCUT2D eigenvalue weighted by Gasteiger charge is -2.24. The molecule has 1 aromatic rings. The molecule has 4 nitrogen and oxygen atoms in total. The predicted octanol–water partition coefficient (Wildman–Crippen LogP) is 3.04. The van der Waals surface area contributed by atoms with Gasteiger partial charge in [0.1, 0.15) is 4.99 Å². The quantitative estimate of drug-likeness (QED) is 0.683. The second-order valence-electron chi connectivity index (χ2n) is 5.22. The Bertz CT molecular complexity index is 626. The Morgan fingerprint density at radius 2 is 2.00 bits per heavy atom. The van der Waals surface area contributed by atoms with E-state index >= 15 is 0 Å². The fourth-order valence-electron chi connectivity index (χ4n) is 2.74. The summed E-state index contributed by atoms with van der Waals surface area (Å²) in [6.45, 7) is 3.84. The molecular formula is C15H17ClN2O2S. The molecule has 0 unspecified atom stereocenters. The average molecular weight is 325 g/mol. The first-order valence-corrected chi connectivity index (χ1v) is 7.61. The van der Waals surface area contributed by atoms with Gasteiger partial charge in [-0.05, 0) is 31.0 Å². The fraction of sp³-hybridized carbons (Fsp3) is 0.400. The molecule has 0 aliphatic carbocycles. The summed E-state index contributed by atoms with van der Waals surface area (Å²) in [6, 6.07) is 4.84. The molecule has 0 aromatic heterocycles. The standard InChI is InChI=1S/C15H17ClN2O2S/c1-3-15(4-2)8-12(19)18(14(15)20)11-7-9(16)5-6-10(11)13(17)21/h5-7H,3-4,8H2,1-2H3,(H2,17,21). The minimum atomic E-state index is -0.632. The SMILES string of the molecule is CCC1(CC)CC(=O)N(c2cc(Cl)ccc2C(N)=S)C1=O. The van der Waals surface area contributed by atoms with Gasteiger partial charge in [0.05, 0.1) is 11.1 Å². The Hall–Kier alpha value is -1.46.